The van der Waals surface area contributed by atoms with Crippen molar-refractivity contribution in [3.05, 3.63) is 281 Å². The van der Waals surface area contributed by atoms with Crippen LogP contribution in [0.25, 0.3) is 5.13 Å². The van der Waals surface area contributed by atoms with E-state index in [1.54, 1.807) is 225 Å². The van der Waals surface area contributed by atoms with Gasteiger partial charge in [0.1, 0.15) is 18.4 Å². The molecule has 17 aromatic rings. The van der Waals surface area contributed by atoms with Gasteiger partial charge in [-0.25, -0.2) is 69.8 Å². The molecule has 2 fully saturated rings. The van der Waals surface area contributed by atoms with Gasteiger partial charge in [0.05, 0.1) is 20.0 Å². The number of aromatic amines is 1. The van der Waals surface area contributed by atoms with Crippen LogP contribution in [0.5, 0.6) is 10.4 Å². The van der Waals surface area contributed by atoms with Crippen molar-refractivity contribution in [3.63, 3.8) is 0 Å². The minimum Gasteiger partial charge on any atom is -1.00 e. The van der Waals surface area contributed by atoms with E-state index in [2.05, 4.69) is 326 Å². The fourth-order valence-corrected chi connectivity index (χ4v) is 17.8. The molecule has 2 aliphatic rings. The number of nitrogens with zero attached hydrogens (tertiary/aromatic N) is 23. The number of aliphatic hydroxyl groups is 1. The van der Waals surface area contributed by atoms with Crippen LogP contribution in [-0.2, 0) is 13.1 Å². The van der Waals surface area contributed by atoms with Gasteiger partial charge in [-0.3, -0.25) is 14.4 Å². The second-order valence-corrected chi connectivity index (χ2v) is 44.9. The Morgan fingerprint density at radius 1 is 0.442 bits per heavy atom. The van der Waals surface area contributed by atoms with Crippen molar-refractivity contribution in [2.75, 3.05) is 170 Å². The van der Waals surface area contributed by atoms with Gasteiger partial charge in [-0.2, -0.15) is 7.11 Å². The van der Waals surface area contributed by atoms with Gasteiger partial charge in [-0.1, -0.05) is 160 Å². The Hall–Kier alpha value is -1.02. The molecule has 2 saturated heterocycles. The Morgan fingerprint density at radius 2 is 0.796 bits per heavy atom. The molecule has 2 aromatic carbocycles. The summed E-state index contributed by atoms with van der Waals surface area (Å²) in [6, 6.07) is 21.4. The van der Waals surface area contributed by atoms with Crippen LogP contribution in [0.4, 0.5) is 15.4 Å². The summed E-state index contributed by atoms with van der Waals surface area (Å²) in [4.78, 5) is 71.6. The fourth-order valence-electron chi connectivity index (χ4n) is 9.09. The average molecular weight is 2770 g/mol. The third-order valence-electron chi connectivity index (χ3n) is 15.1. The number of benzene rings is 2. The number of likely N-dealkylation sites (N-methyl/N-ethyl adjacent to an activating group) is 2. The van der Waals surface area contributed by atoms with Crippen molar-refractivity contribution in [3.8, 4) is 15.5 Å². The summed E-state index contributed by atoms with van der Waals surface area (Å²) >= 11 is 42.7. The molecule has 0 bridgehead atoms. The van der Waals surface area contributed by atoms with Gasteiger partial charge < -0.3 is 72.1 Å². The number of rotatable bonds is 18. The Kier molecular flexibility index (Phi) is 136. The van der Waals surface area contributed by atoms with Gasteiger partial charge >= 0.3 is 148 Å². The smallest absolute Gasteiger partial charge is 1.00 e. The van der Waals surface area contributed by atoms with Crippen LogP contribution in [0, 0.1) is 0 Å². The molecule has 57 heteroatoms. The minimum absolute atomic E-state index is 0. The number of ether oxygens (including phenoxy) is 2. The predicted molar refractivity (Wildman–Crippen MR) is 646 cm³/mol. The van der Waals surface area contributed by atoms with Gasteiger partial charge in [-0.05, 0) is 170 Å². The molecule has 8 N–H and O–H groups in total. The maximum atomic E-state index is 8.46. The van der Waals surface area contributed by atoms with E-state index in [9.17, 15) is 0 Å². The summed E-state index contributed by atoms with van der Waals surface area (Å²) in [6.07, 6.45) is 31.7. The number of halogens is 7. The third-order valence-corrected chi connectivity index (χ3v) is 28.9. The van der Waals surface area contributed by atoms with Gasteiger partial charge in [0.25, 0.3) is 10.4 Å². The quantitative estimate of drug-likeness (QED) is 0.0435. The Bertz CT molecular complexity index is 4630. The Balaban J connectivity index is -0.000000111. The Morgan fingerprint density at radius 3 is 1.03 bits per heavy atom. The number of H-pyrrole nitrogens is 1. The molecular formula is C90H142Br7N28Na5O4S13. The molecule has 0 saturated carbocycles. The maximum absolute atomic E-state index is 8.46. The van der Waals surface area contributed by atoms with E-state index in [4.69, 9.17) is 25.4 Å². The second kappa shape index (κ2) is 120. The first-order chi connectivity index (χ1) is 66.8. The van der Waals surface area contributed by atoms with E-state index in [-0.39, 0.29) is 197 Å². The van der Waals surface area contributed by atoms with Crippen molar-refractivity contribution >= 4 is 274 Å². The molecule has 15 aromatic heterocycles. The van der Waals surface area contributed by atoms with Crippen molar-refractivity contribution in [2.24, 2.45) is 5.73 Å². The van der Waals surface area contributed by atoms with Crippen molar-refractivity contribution in [1.29, 1.82) is 0 Å². The number of hydrogen-bond donors (Lipinski definition) is 6. The summed E-state index contributed by atoms with van der Waals surface area (Å²) in [5.74, 6) is 0. The minimum atomic E-state index is 0. The van der Waals surface area contributed by atoms with Crippen LogP contribution in [0.3, 0.4) is 0 Å². The van der Waals surface area contributed by atoms with E-state index in [1.165, 1.54) is 65.3 Å². The number of aliphatic hydroxyl groups excluding tert-OH is 1. The standard InChI is InChI=1S/C14H17N3S.C11H16N2.C9H16N2OS.C6H5N3S.C6H15NO.C5H8N2S.C4H5NOS.7C3H2BrNS.C3H4N2.C2H3N3S.C2H7N.CH5N.CH3O.5CH4.5Na.4H/c1-2-4-13(5-3-1)12-16-7-9-17(10-8-16)14-15-6-11-18-14;1-2-4-11(5-3-1)10-13-8-6-12-7-9-13;1-3-11(4-2)6-7-12-9-10-5-8-13-9;1-3-9(5-7-1)6-8-2-4-10-6;1-3-7(4-2)5-6-8;1-7(2)5-6-3-4-8-5;1-6-4-5-2-3-7-4;7*4-3-5-1-2-6-3;1-2-5-3-4-1;3-2-5-4-1-6-2;1-3-2;2*1-2;;;;;;;;;;;;;;/h1-6,11H,7-10,12H2;1-5,12H,6-10H2;5,8H,3-4,6-7H2,1-2H3;1-5H;8H,3-6H2,1-2H3;3-4H,1-2H3;2-3H,1H3;7*1-2H;1-3H,(H,4,5);1H,(H2,3,5);3H,1-2H3;2H2,1H3;1H3;5*1H4;;;;;;;;;/q;;;;;;;;;;;;;;;;;;-1;;;;;;5*+1;4*-1. The van der Waals surface area contributed by atoms with E-state index in [0.29, 0.717) is 5.13 Å². The predicted octanol–water partition coefficient (Wildman–Crippen LogP) is 10.3. The van der Waals surface area contributed by atoms with Gasteiger partial charge in [0, 0.05) is 256 Å². The number of piperazine rings is 2. The monoisotopic (exact) mass is 2760 g/mol. The number of nitrogen functional groups attached to an aromatic ring is 1. The second-order valence-electron chi connectivity index (χ2n) is 24.5. The van der Waals surface area contributed by atoms with E-state index in [0.717, 1.165) is 159 Å². The number of nitrogens with one attached hydrogen (secondary N) is 3. The van der Waals surface area contributed by atoms with E-state index >= 15 is 0 Å². The van der Waals surface area contributed by atoms with Gasteiger partial charge in [-0.15, -0.1) is 124 Å². The normalized spacial score (nSPS) is 10.2. The molecular weight excluding hydrogens is 2630 g/mol. The summed E-state index contributed by atoms with van der Waals surface area (Å²) < 4.78 is 18.7. The number of hydrogen-bond acceptors (Lipinski definition) is 43. The topological polar surface area (TPSA) is 384 Å². The zero-order valence-corrected chi connectivity index (χ0v) is 114. The molecule has 17 heterocycles. The van der Waals surface area contributed by atoms with Crippen LogP contribution in [0.1, 0.15) is 81.7 Å². The van der Waals surface area contributed by atoms with Crippen molar-refractivity contribution in [2.45, 2.75) is 77.9 Å². The number of methoxy groups -OCH3 is 1. The molecule has 19 rings (SSSR count). The number of aromatic nitrogens is 18. The molecule has 798 valence electrons. The molecule has 0 amide bonds. The van der Waals surface area contributed by atoms with E-state index < -0.39 is 0 Å². The SMILES string of the molecule is Brc1nccs1.Brc1nccs1.Brc1nccs1.Brc1nccs1.Brc1nccs1.Brc1nccs1.Brc1nccs1.C.C.C.C.C.CCN(CC)CCO.CCN(CC)CCOc1nccs1.CN.CN(C)c1nccs1.CNC.COc1nccs1.C[O-].Nc1nncs1.[H-].[H-].[H-].[H-].[Na+].[Na+].[Na+].[Na+].[Na+].c1c[nH]cn1.c1ccc(CN2CCN(c3nccs3)CC2)cc1.c1ccc(CN2CCNCC2)cc1.c1cn(-c2nccs2)cn1. The Labute approximate surface area is 1100 Å². The molecule has 0 aliphatic carbocycles. The van der Waals surface area contributed by atoms with E-state index in [1.807, 2.05) is 115 Å². The molecule has 147 heavy (non-hydrogen) atoms. The zero-order valence-electron chi connectivity index (χ0n) is 86.5. The first-order valence-corrected chi connectivity index (χ1v) is 58.0. The number of thiazole rings is 12. The first-order valence-electron chi connectivity index (χ1n) is 41.0. The average Bonchev–Trinajstić information content (AvgIpc) is 1.000. The summed E-state index contributed by atoms with van der Waals surface area (Å²) in [5.41, 5.74) is 14.0. The van der Waals surface area contributed by atoms with Crippen LogP contribution in [-0.4, -0.2) is 269 Å². The maximum Gasteiger partial charge on any atom is 1.00 e. The molecule has 0 unspecified atom stereocenters. The van der Waals surface area contributed by atoms with Crippen molar-refractivity contribution in [1.82, 2.24) is 120 Å². The summed E-state index contributed by atoms with van der Waals surface area (Å²) in [7, 11) is 11.6. The zero-order chi connectivity index (χ0) is 100. The molecule has 2 aliphatic heterocycles. The molecule has 32 nitrogen and oxygen atoms in total. The largest absolute Gasteiger partial charge is 1.00 e. The molecule has 0 radical (unpaired) electrons. The molecule has 0 atom stereocenters. The fraction of sp³-hybridized carbons (Fsp3) is 0.378. The molecule has 0 spiro atoms. The number of nitrogens with two attached hydrogens (primary N) is 2. The summed E-state index contributed by atoms with van der Waals surface area (Å²) in [5, 5.41) is 58.1. The van der Waals surface area contributed by atoms with Crippen LogP contribution >= 0.6 is 259 Å². The van der Waals surface area contributed by atoms with Crippen LogP contribution in [0.2, 0.25) is 0 Å². The summed E-state index contributed by atoms with van der Waals surface area (Å²) in [6.45, 7) is 26.7. The van der Waals surface area contributed by atoms with Crippen LogP contribution < -0.4 is 194 Å². The number of anilines is 3. The third kappa shape index (κ3) is 96.8. The van der Waals surface area contributed by atoms with Gasteiger partial charge in [0.2, 0.25) is 5.13 Å². The first kappa shape index (κ1) is 166. The van der Waals surface area contributed by atoms with Crippen molar-refractivity contribution < 1.29 is 173 Å². The van der Waals surface area contributed by atoms with Gasteiger partial charge in [0.15, 0.2) is 42.8 Å². The number of imidazole rings is 2. The van der Waals surface area contributed by atoms with Crippen LogP contribution in [0.15, 0.2) is 270 Å².